The van der Waals surface area contributed by atoms with Crippen LogP contribution in [0.1, 0.15) is 12.8 Å². The van der Waals surface area contributed by atoms with Crippen molar-refractivity contribution in [1.29, 1.82) is 0 Å². The molecular formula is C11H13N3O5. The van der Waals surface area contributed by atoms with Crippen LogP contribution < -0.4 is 10.9 Å². The molecule has 0 aliphatic heterocycles. The number of hydrogen-bond acceptors (Lipinski definition) is 6. The van der Waals surface area contributed by atoms with Gasteiger partial charge in [-0.15, -0.1) is 0 Å². The molecule has 102 valence electrons. The normalized spacial score (nSPS) is 9.79. The molecule has 1 rings (SSSR count). The van der Waals surface area contributed by atoms with Crippen LogP contribution in [0.4, 0.5) is 11.4 Å². The number of nitrogens with zero attached hydrogens (tertiary/aromatic N) is 2. The number of carbonyl (C=O) groups excluding carboxylic acids is 2. The summed E-state index contributed by atoms with van der Waals surface area (Å²) in [7, 11) is 1.23. The van der Waals surface area contributed by atoms with Crippen LogP contribution in [0.3, 0.4) is 0 Å². The van der Waals surface area contributed by atoms with Crippen molar-refractivity contribution in [3.05, 3.63) is 34.4 Å². The third kappa shape index (κ3) is 4.03. The Morgan fingerprint density at radius 3 is 2.37 bits per heavy atom. The maximum absolute atomic E-state index is 11.6. The predicted octanol–water partition coefficient (Wildman–Crippen LogP) is 0.755. The first-order valence-electron chi connectivity index (χ1n) is 5.34. The van der Waals surface area contributed by atoms with E-state index in [0.717, 1.165) is 5.01 Å². The summed E-state index contributed by atoms with van der Waals surface area (Å²) in [5.74, 6) is 4.56. The zero-order valence-electron chi connectivity index (χ0n) is 10.2. The SMILES string of the molecule is COC(=O)CCC(=O)N(N)c1ccc([N+](=O)[O-])cc1. The van der Waals surface area contributed by atoms with Crippen LogP contribution in [0, 0.1) is 10.1 Å². The van der Waals surface area contributed by atoms with Crippen molar-refractivity contribution >= 4 is 23.3 Å². The van der Waals surface area contributed by atoms with Crippen molar-refractivity contribution in [3.63, 3.8) is 0 Å². The number of nitro groups is 1. The molecule has 0 heterocycles. The first kappa shape index (κ1) is 14.6. The van der Waals surface area contributed by atoms with E-state index in [2.05, 4.69) is 4.74 Å². The maximum atomic E-state index is 11.6. The first-order chi connectivity index (χ1) is 8.95. The summed E-state index contributed by atoms with van der Waals surface area (Å²) in [4.78, 5) is 32.4. The fraction of sp³-hybridized carbons (Fsp3) is 0.273. The fourth-order valence-corrected chi connectivity index (χ4v) is 1.31. The summed E-state index contributed by atoms with van der Waals surface area (Å²) in [6.45, 7) is 0. The summed E-state index contributed by atoms with van der Waals surface area (Å²) in [6, 6.07) is 5.19. The first-order valence-corrected chi connectivity index (χ1v) is 5.34. The number of rotatable bonds is 5. The molecule has 0 radical (unpaired) electrons. The number of esters is 1. The number of nitrogens with two attached hydrogens (primary N) is 1. The molecule has 0 aromatic heterocycles. The van der Waals surface area contributed by atoms with Gasteiger partial charge >= 0.3 is 5.97 Å². The van der Waals surface area contributed by atoms with E-state index in [0.29, 0.717) is 5.69 Å². The van der Waals surface area contributed by atoms with E-state index in [9.17, 15) is 19.7 Å². The van der Waals surface area contributed by atoms with E-state index in [1.807, 2.05) is 0 Å². The molecule has 1 aromatic carbocycles. The second kappa shape index (κ2) is 6.45. The van der Waals surface area contributed by atoms with E-state index >= 15 is 0 Å². The average molecular weight is 267 g/mol. The molecular weight excluding hydrogens is 254 g/mol. The highest BCUT2D eigenvalue weighted by Gasteiger charge is 2.15. The summed E-state index contributed by atoms with van der Waals surface area (Å²) in [6.07, 6.45) is -0.170. The van der Waals surface area contributed by atoms with Gasteiger partial charge in [0, 0.05) is 18.6 Å². The third-order valence-corrected chi connectivity index (χ3v) is 2.38. The van der Waals surface area contributed by atoms with Gasteiger partial charge < -0.3 is 4.74 Å². The molecule has 2 N–H and O–H groups in total. The summed E-state index contributed by atoms with van der Waals surface area (Å²) in [5, 5.41) is 11.3. The minimum atomic E-state index is -0.552. The lowest BCUT2D eigenvalue weighted by Gasteiger charge is -2.16. The lowest BCUT2D eigenvalue weighted by Crippen LogP contribution is -2.37. The molecule has 0 aliphatic rings. The Bertz CT molecular complexity index is 486. The standard InChI is InChI=1S/C11H13N3O5/c1-19-11(16)7-6-10(15)13(12)8-2-4-9(5-3-8)14(17)18/h2-5H,6-7,12H2,1H3. The molecule has 8 nitrogen and oxygen atoms in total. The zero-order valence-corrected chi connectivity index (χ0v) is 10.2. The Morgan fingerprint density at radius 2 is 1.89 bits per heavy atom. The van der Waals surface area contributed by atoms with Gasteiger partial charge in [0.25, 0.3) is 5.69 Å². The number of amides is 1. The highest BCUT2D eigenvalue weighted by atomic mass is 16.6. The van der Waals surface area contributed by atoms with Gasteiger partial charge in [-0.1, -0.05) is 0 Å². The highest BCUT2D eigenvalue weighted by molar-refractivity contribution is 5.93. The number of methoxy groups -OCH3 is 1. The van der Waals surface area contributed by atoms with Crippen molar-refractivity contribution in [2.24, 2.45) is 5.84 Å². The molecule has 0 aliphatic carbocycles. The zero-order chi connectivity index (χ0) is 14.4. The Balaban J connectivity index is 2.66. The molecule has 1 amide bonds. The molecule has 0 spiro atoms. The Kier molecular flexibility index (Phi) is 4.95. The smallest absolute Gasteiger partial charge is 0.306 e. The van der Waals surface area contributed by atoms with Crippen molar-refractivity contribution < 1.29 is 19.2 Å². The molecule has 0 saturated carbocycles. The highest BCUT2D eigenvalue weighted by Crippen LogP contribution is 2.18. The summed E-state index contributed by atoms with van der Waals surface area (Å²) >= 11 is 0. The van der Waals surface area contributed by atoms with Gasteiger partial charge in [-0.25, -0.2) is 10.9 Å². The van der Waals surface area contributed by atoms with E-state index in [1.54, 1.807) is 0 Å². The van der Waals surface area contributed by atoms with Gasteiger partial charge in [-0.2, -0.15) is 0 Å². The number of non-ortho nitro benzene ring substituents is 1. The van der Waals surface area contributed by atoms with Gasteiger partial charge in [0.05, 0.1) is 24.1 Å². The lowest BCUT2D eigenvalue weighted by molar-refractivity contribution is -0.384. The largest absolute Gasteiger partial charge is 0.469 e. The molecule has 19 heavy (non-hydrogen) atoms. The maximum Gasteiger partial charge on any atom is 0.306 e. The molecule has 0 unspecified atom stereocenters. The van der Waals surface area contributed by atoms with Gasteiger partial charge in [0.1, 0.15) is 0 Å². The number of hydrazine groups is 1. The molecule has 0 atom stereocenters. The number of carbonyl (C=O) groups is 2. The van der Waals surface area contributed by atoms with E-state index in [-0.39, 0.29) is 18.5 Å². The van der Waals surface area contributed by atoms with Crippen LogP contribution in [0.2, 0.25) is 0 Å². The van der Waals surface area contributed by atoms with Crippen LogP contribution in [0.5, 0.6) is 0 Å². The Hall–Kier alpha value is -2.48. The van der Waals surface area contributed by atoms with Crippen LogP contribution in [0.25, 0.3) is 0 Å². The lowest BCUT2D eigenvalue weighted by atomic mass is 10.2. The summed E-state index contributed by atoms with van der Waals surface area (Å²) in [5.41, 5.74) is 0.208. The Morgan fingerprint density at radius 1 is 1.32 bits per heavy atom. The van der Waals surface area contributed by atoms with Gasteiger partial charge in [-0.3, -0.25) is 19.7 Å². The van der Waals surface area contributed by atoms with Crippen molar-refractivity contribution in [2.45, 2.75) is 12.8 Å². The van der Waals surface area contributed by atoms with Crippen LogP contribution >= 0.6 is 0 Å². The molecule has 0 bridgehead atoms. The summed E-state index contributed by atoms with van der Waals surface area (Å²) < 4.78 is 4.40. The number of hydrogen-bond donors (Lipinski definition) is 1. The second-order valence-electron chi connectivity index (χ2n) is 3.61. The van der Waals surface area contributed by atoms with Gasteiger partial charge in [0.2, 0.25) is 5.91 Å². The fourth-order valence-electron chi connectivity index (χ4n) is 1.31. The van der Waals surface area contributed by atoms with Gasteiger partial charge in [0.15, 0.2) is 0 Å². The number of nitro benzene ring substituents is 1. The number of ether oxygens (including phenoxy) is 1. The van der Waals surface area contributed by atoms with Gasteiger partial charge in [-0.05, 0) is 12.1 Å². The van der Waals surface area contributed by atoms with E-state index in [1.165, 1.54) is 31.4 Å². The van der Waals surface area contributed by atoms with Crippen LogP contribution in [-0.2, 0) is 14.3 Å². The van der Waals surface area contributed by atoms with Crippen LogP contribution in [0.15, 0.2) is 24.3 Å². The number of benzene rings is 1. The number of anilines is 1. The Labute approximate surface area is 108 Å². The third-order valence-electron chi connectivity index (χ3n) is 2.38. The van der Waals surface area contributed by atoms with Crippen molar-refractivity contribution in [1.82, 2.24) is 0 Å². The average Bonchev–Trinajstić information content (AvgIpc) is 2.43. The topological polar surface area (TPSA) is 116 Å². The van der Waals surface area contributed by atoms with E-state index < -0.39 is 16.8 Å². The van der Waals surface area contributed by atoms with Crippen molar-refractivity contribution in [3.8, 4) is 0 Å². The quantitative estimate of drug-likeness (QED) is 0.277. The predicted molar refractivity (Wildman–Crippen MR) is 66.0 cm³/mol. The second-order valence-corrected chi connectivity index (χ2v) is 3.61. The van der Waals surface area contributed by atoms with E-state index in [4.69, 9.17) is 5.84 Å². The molecule has 1 aromatic rings. The molecule has 8 heteroatoms. The molecule has 0 saturated heterocycles. The van der Waals surface area contributed by atoms with Crippen molar-refractivity contribution in [2.75, 3.05) is 12.1 Å². The minimum Gasteiger partial charge on any atom is -0.469 e. The minimum absolute atomic E-state index is 0.0734. The molecule has 0 fully saturated rings. The van der Waals surface area contributed by atoms with Crippen LogP contribution in [-0.4, -0.2) is 23.9 Å². The monoisotopic (exact) mass is 267 g/mol.